The summed E-state index contributed by atoms with van der Waals surface area (Å²) in [6.07, 6.45) is 0.321. The van der Waals surface area contributed by atoms with Crippen molar-refractivity contribution in [3.05, 3.63) is 59.7 Å². The lowest BCUT2D eigenvalue weighted by atomic mass is 10.0. The molecule has 0 aliphatic heterocycles. The second-order valence-electron chi connectivity index (χ2n) is 8.21. The van der Waals surface area contributed by atoms with Gasteiger partial charge in [0, 0.05) is 12.0 Å². The second kappa shape index (κ2) is 8.74. The van der Waals surface area contributed by atoms with Gasteiger partial charge >= 0.3 is 0 Å². The Labute approximate surface area is 164 Å². The topological polar surface area (TPSA) is 46.5 Å². The van der Waals surface area contributed by atoms with E-state index < -0.39 is 8.32 Å². The Bertz CT molecular complexity index is 742. The van der Waals surface area contributed by atoms with Crippen LogP contribution in [0.3, 0.4) is 0 Å². The summed E-state index contributed by atoms with van der Waals surface area (Å²) in [5, 5.41) is 9.38. The molecule has 4 heteroatoms. The number of Topliss-reactive ketones (excluding diaryl/α,β-unsaturated/α-hetero) is 1. The van der Waals surface area contributed by atoms with E-state index in [4.69, 9.17) is 4.43 Å². The molecule has 0 aliphatic rings. The van der Waals surface area contributed by atoms with Crippen LogP contribution in [0, 0.1) is 0 Å². The molecule has 2 aromatic rings. The maximum absolute atomic E-state index is 12.5. The van der Waals surface area contributed by atoms with Gasteiger partial charge in [-0.3, -0.25) is 4.79 Å². The molecule has 2 rings (SSSR count). The number of benzene rings is 2. The van der Waals surface area contributed by atoms with E-state index >= 15 is 0 Å². The third-order valence-electron chi connectivity index (χ3n) is 5.45. The molecule has 0 saturated carbocycles. The minimum Gasteiger partial charge on any atom is -0.543 e. The minimum absolute atomic E-state index is 0.0345. The van der Waals surface area contributed by atoms with E-state index in [1.165, 1.54) is 0 Å². The zero-order chi connectivity index (χ0) is 20.2. The quantitative estimate of drug-likeness (QED) is 0.425. The average molecular weight is 385 g/mol. The van der Waals surface area contributed by atoms with Gasteiger partial charge in [0.05, 0.1) is 0 Å². The summed E-state index contributed by atoms with van der Waals surface area (Å²) < 4.78 is 6.72. The Hall–Kier alpha value is -2.07. The van der Waals surface area contributed by atoms with Gasteiger partial charge in [-0.1, -0.05) is 53.7 Å². The molecular formula is C23H32O3Si. The van der Waals surface area contributed by atoms with Gasteiger partial charge in [0.2, 0.25) is 0 Å². The van der Waals surface area contributed by atoms with Crippen molar-refractivity contribution in [1.29, 1.82) is 0 Å². The van der Waals surface area contributed by atoms with Crippen molar-refractivity contribution in [2.75, 3.05) is 0 Å². The Morgan fingerprint density at radius 3 is 2.00 bits per heavy atom. The fourth-order valence-electron chi connectivity index (χ4n) is 4.21. The monoisotopic (exact) mass is 384 g/mol. The molecule has 0 heterocycles. The third-order valence-corrected chi connectivity index (χ3v) is 11.5. The fraction of sp³-hybridized carbons (Fsp3) is 0.435. The largest absolute Gasteiger partial charge is 0.543 e. The highest BCUT2D eigenvalue weighted by atomic mass is 28.4. The number of phenolic OH excluding ortho intramolecular Hbond substituents is 1. The lowest BCUT2D eigenvalue weighted by molar-refractivity contribution is 0.0993. The summed E-state index contributed by atoms with van der Waals surface area (Å²) in [4.78, 5) is 12.5. The van der Waals surface area contributed by atoms with Crippen molar-refractivity contribution in [1.82, 2.24) is 0 Å². The number of carbonyl (C=O) groups is 1. The summed E-state index contributed by atoms with van der Waals surface area (Å²) >= 11 is 0. The van der Waals surface area contributed by atoms with E-state index in [0.29, 0.717) is 28.6 Å². The molecule has 3 nitrogen and oxygen atoms in total. The molecule has 0 saturated heterocycles. The lowest BCUT2D eigenvalue weighted by Crippen LogP contribution is -2.50. The van der Waals surface area contributed by atoms with Gasteiger partial charge < -0.3 is 9.53 Å². The molecular weight excluding hydrogens is 352 g/mol. The highest BCUT2D eigenvalue weighted by molar-refractivity contribution is 6.78. The molecule has 0 aromatic heterocycles. The standard InChI is InChI=1S/C23H32O3Si/c1-16(2)27(17(3)4,18(5)6)26-22-9-7-8-19(14-22)15-23(25)20-10-12-21(24)13-11-20/h7-14,16-18,24H,15H2,1-6H3. The van der Waals surface area contributed by atoms with Gasteiger partial charge in [-0.15, -0.1) is 0 Å². The minimum atomic E-state index is -2.01. The Kier molecular flexibility index (Phi) is 6.87. The van der Waals surface area contributed by atoms with Crippen LogP contribution in [-0.2, 0) is 6.42 Å². The average Bonchev–Trinajstić information content (AvgIpc) is 2.59. The number of carbonyl (C=O) groups excluding carboxylic acids is 1. The van der Waals surface area contributed by atoms with Gasteiger partial charge in [0.1, 0.15) is 11.5 Å². The molecule has 2 aromatic carbocycles. The van der Waals surface area contributed by atoms with Crippen LogP contribution in [0.25, 0.3) is 0 Å². The molecule has 0 fully saturated rings. The number of phenols is 1. The Morgan fingerprint density at radius 2 is 1.48 bits per heavy atom. The lowest BCUT2D eigenvalue weighted by Gasteiger charge is -2.42. The highest BCUT2D eigenvalue weighted by Gasteiger charge is 2.46. The van der Waals surface area contributed by atoms with Crippen molar-refractivity contribution < 1.29 is 14.3 Å². The van der Waals surface area contributed by atoms with Gasteiger partial charge in [-0.25, -0.2) is 0 Å². The summed E-state index contributed by atoms with van der Waals surface area (Å²) in [5.41, 5.74) is 3.05. The van der Waals surface area contributed by atoms with E-state index in [-0.39, 0.29) is 11.5 Å². The van der Waals surface area contributed by atoms with Crippen molar-refractivity contribution in [2.24, 2.45) is 0 Å². The first-order valence-corrected chi connectivity index (χ1v) is 11.9. The Morgan fingerprint density at radius 1 is 0.926 bits per heavy atom. The Balaban J connectivity index is 2.23. The maximum atomic E-state index is 12.5. The summed E-state index contributed by atoms with van der Waals surface area (Å²) in [6, 6.07) is 14.3. The van der Waals surface area contributed by atoms with Gasteiger partial charge in [0.25, 0.3) is 8.32 Å². The van der Waals surface area contributed by atoms with E-state index in [1.54, 1.807) is 24.3 Å². The molecule has 1 N–H and O–H groups in total. The van der Waals surface area contributed by atoms with Gasteiger partial charge in [0.15, 0.2) is 5.78 Å². The fourth-order valence-corrected chi connectivity index (χ4v) is 9.45. The van der Waals surface area contributed by atoms with E-state index in [9.17, 15) is 9.90 Å². The molecule has 0 aliphatic carbocycles. The predicted octanol–water partition coefficient (Wildman–Crippen LogP) is 6.37. The van der Waals surface area contributed by atoms with Crippen LogP contribution in [-0.4, -0.2) is 19.2 Å². The number of aromatic hydroxyl groups is 1. The van der Waals surface area contributed by atoms with Crippen LogP contribution in [0.4, 0.5) is 0 Å². The van der Waals surface area contributed by atoms with Gasteiger partial charge in [-0.05, 0) is 58.6 Å². The molecule has 27 heavy (non-hydrogen) atoms. The first-order chi connectivity index (χ1) is 12.7. The smallest absolute Gasteiger partial charge is 0.258 e. The molecule has 0 amide bonds. The summed E-state index contributed by atoms with van der Waals surface area (Å²) in [6.45, 7) is 13.6. The van der Waals surface area contributed by atoms with Crippen molar-refractivity contribution in [3.8, 4) is 11.5 Å². The van der Waals surface area contributed by atoms with E-state index in [0.717, 1.165) is 11.3 Å². The highest BCUT2D eigenvalue weighted by Crippen LogP contribution is 2.42. The molecule has 0 spiro atoms. The zero-order valence-corrected chi connectivity index (χ0v) is 18.3. The van der Waals surface area contributed by atoms with Crippen molar-refractivity contribution >= 4 is 14.1 Å². The van der Waals surface area contributed by atoms with Crippen molar-refractivity contribution in [2.45, 2.75) is 64.6 Å². The zero-order valence-electron chi connectivity index (χ0n) is 17.3. The third kappa shape index (κ3) is 4.81. The molecule has 0 radical (unpaired) electrons. The van der Waals surface area contributed by atoms with Crippen LogP contribution in [0.2, 0.25) is 16.6 Å². The predicted molar refractivity (Wildman–Crippen MR) is 114 cm³/mol. The van der Waals surface area contributed by atoms with Crippen molar-refractivity contribution in [3.63, 3.8) is 0 Å². The number of hydrogen-bond donors (Lipinski definition) is 1. The number of rotatable bonds is 8. The van der Waals surface area contributed by atoms with Crippen LogP contribution in [0.5, 0.6) is 11.5 Å². The van der Waals surface area contributed by atoms with E-state index in [2.05, 4.69) is 41.5 Å². The van der Waals surface area contributed by atoms with Crippen LogP contribution in [0.1, 0.15) is 57.5 Å². The maximum Gasteiger partial charge on any atom is 0.258 e. The van der Waals surface area contributed by atoms with Gasteiger partial charge in [-0.2, -0.15) is 0 Å². The first kappa shape index (κ1) is 21.2. The van der Waals surface area contributed by atoms with Crippen LogP contribution in [0.15, 0.2) is 48.5 Å². The molecule has 0 unspecified atom stereocenters. The van der Waals surface area contributed by atoms with E-state index in [1.807, 2.05) is 24.3 Å². The summed E-state index contributed by atoms with van der Waals surface area (Å²) in [7, 11) is -2.01. The second-order valence-corrected chi connectivity index (χ2v) is 13.6. The first-order valence-electron chi connectivity index (χ1n) is 9.77. The van der Waals surface area contributed by atoms with Crippen LogP contribution >= 0.6 is 0 Å². The molecule has 0 atom stereocenters. The molecule has 146 valence electrons. The summed E-state index contributed by atoms with van der Waals surface area (Å²) in [5.74, 6) is 1.07. The van der Waals surface area contributed by atoms with Crippen LogP contribution < -0.4 is 4.43 Å². The number of hydrogen-bond acceptors (Lipinski definition) is 3. The SMILES string of the molecule is CC(C)[Si](Oc1cccc(CC(=O)c2ccc(O)cc2)c1)(C(C)C)C(C)C. The molecule has 0 bridgehead atoms. The number of ketones is 1. The normalized spacial score (nSPS) is 12.0.